The molecule has 1 unspecified atom stereocenters. The lowest BCUT2D eigenvalue weighted by atomic mass is 10.0. The summed E-state index contributed by atoms with van der Waals surface area (Å²) in [6.45, 7) is 3.21. The zero-order chi connectivity index (χ0) is 17.4. The molecule has 1 atom stereocenters. The van der Waals surface area contributed by atoms with E-state index in [1.54, 1.807) is 24.7 Å². The van der Waals surface area contributed by atoms with Crippen LogP contribution in [0.1, 0.15) is 34.9 Å². The van der Waals surface area contributed by atoms with E-state index in [0.717, 1.165) is 19.4 Å². The number of likely N-dealkylation sites (tertiary alicyclic amines) is 1. The number of halogens is 1. The Hall–Kier alpha value is -2.76. The average molecular weight is 338 g/mol. The van der Waals surface area contributed by atoms with Crippen molar-refractivity contribution < 1.29 is 9.18 Å². The molecule has 0 saturated carbocycles. The topological polar surface area (TPSA) is 51.0 Å². The van der Waals surface area contributed by atoms with Crippen molar-refractivity contribution in [2.75, 3.05) is 13.1 Å². The Morgan fingerprint density at radius 2 is 2.20 bits per heavy atom. The largest absolute Gasteiger partial charge is 0.337 e. The maximum Gasteiger partial charge on any atom is 0.254 e. The molecule has 2 aromatic heterocycles. The van der Waals surface area contributed by atoms with Gasteiger partial charge in [-0.15, -0.1) is 0 Å². The van der Waals surface area contributed by atoms with Crippen LogP contribution in [-0.2, 0) is 0 Å². The summed E-state index contributed by atoms with van der Waals surface area (Å²) in [6.07, 6.45) is 7.47. The van der Waals surface area contributed by atoms with Crippen molar-refractivity contribution in [1.29, 1.82) is 0 Å². The summed E-state index contributed by atoms with van der Waals surface area (Å²) in [5.41, 5.74) is 1.82. The number of pyridine rings is 1. The van der Waals surface area contributed by atoms with Crippen LogP contribution in [0.3, 0.4) is 0 Å². The number of imidazole rings is 1. The van der Waals surface area contributed by atoms with Gasteiger partial charge in [-0.1, -0.05) is 0 Å². The van der Waals surface area contributed by atoms with Gasteiger partial charge in [0.15, 0.2) is 0 Å². The van der Waals surface area contributed by atoms with Gasteiger partial charge in [-0.3, -0.25) is 9.78 Å². The van der Waals surface area contributed by atoms with E-state index in [0.29, 0.717) is 28.7 Å². The second-order valence-electron chi connectivity index (χ2n) is 6.53. The molecule has 3 heterocycles. The van der Waals surface area contributed by atoms with Crippen LogP contribution in [0.25, 0.3) is 10.9 Å². The fourth-order valence-electron chi connectivity index (χ4n) is 3.55. The fraction of sp³-hybridized carbons (Fsp3) is 0.316. The van der Waals surface area contributed by atoms with Crippen molar-refractivity contribution >= 4 is 16.8 Å². The van der Waals surface area contributed by atoms with Gasteiger partial charge >= 0.3 is 0 Å². The first-order valence-electron chi connectivity index (χ1n) is 8.45. The van der Waals surface area contributed by atoms with Gasteiger partial charge in [0.05, 0.1) is 23.4 Å². The molecule has 0 aliphatic carbocycles. The van der Waals surface area contributed by atoms with Crippen LogP contribution in [0.5, 0.6) is 0 Å². The first kappa shape index (κ1) is 15.7. The number of rotatable bonds is 2. The fourth-order valence-corrected chi connectivity index (χ4v) is 3.55. The lowest BCUT2D eigenvalue weighted by Gasteiger charge is -2.33. The molecule has 1 aliphatic heterocycles. The van der Waals surface area contributed by atoms with Crippen molar-refractivity contribution in [3.63, 3.8) is 0 Å². The van der Waals surface area contributed by atoms with Gasteiger partial charge in [-0.05, 0) is 38.0 Å². The molecule has 1 saturated heterocycles. The van der Waals surface area contributed by atoms with E-state index in [1.807, 2.05) is 18.0 Å². The zero-order valence-electron chi connectivity index (χ0n) is 14.0. The number of amides is 1. The number of hydrogen-bond acceptors (Lipinski definition) is 3. The predicted octanol–water partition coefficient (Wildman–Crippen LogP) is 3.36. The molecular weight excluding hydrogens is 319 g/mol. The highest BCUT2D eigenvalue weighted by atomic mass is 19.1. The molecular formula is C19H19FN4O. The highest BCUT2D eigenvalue weighted by Gasteiger charge is 2.26. The summed E-state index contributed by atoms with van der Waals surface area (Å²) in [6, 6.07) is 6.43. The molecule has 4 rings (SSSR count). The number of piperidine rings is 1. The Balaban J connectivity index is 1.67. The first-order valence-corrected chi connectivity index (χ1v) is 8.45. The summed E-state index contributed by atoms with van der Waals surface area (Å²) < 4.78 is 15.6. The van der Waals surface area contributed by atoms with Crippen LogP contribution in [-0.4, -0.2) is 38.4 Å². The number of carbonyl (C=O) groups is 1. The minimum Gasteiger partial charge on any atom is -0.337 e. The third-order valence-electron chi connectivity index (χ3n) is 4.76. The van der Waals surface area contributed by atoms with E-state index >= 15 is 0 Å². The van der Waals surface area contributed by atoms with Crippen LogP contribution in [0, 0.1) is 12.7 Å². The number of aryl methyl sites for hydroxylation is 1. The van der Waals surface area contributed by atoms with E-state index in [2.05, 4.69) is 14.5 Å². The van der Waals surface area contributed by atoms with Gasteiger partial charge in [-0.25, -0.2) is 9.37 Å². The minimum absolute atomic E-state index is 0.0214. The quantitative estimate of drug-likeness (QED) is 0.720. The Bertz CT molecular complexity index is 917. The van der Waals surface area contributed by atoms with E-state index in [4.69, 9.17) is 0 Å². The molecule has 0 spiro atoms. The number of nitrogens with zero attached hydrogens (tertiary/aromatic N) is 4. The molecule has 6 heteroatoms. The average Bonchev–Trinajstić information content (AvgIpc) is 3.15. The number of fused-ring (bicyclic) bond motifs is 1. The van der Waals surface area contributed by atoms with Crippen LogP contribution in [0.4, 0.5) is 4.39 Å². The lowest BCUT2D eigenvalue weighted by Crippen LogP contribution is -2.40. The molecule has 1 amide bonds. The summed E-state index contributed by atoms with van der Waals surface area (Å²) >= 11 is 0. The lowest BCUT2D eigenvalue weighted by molar-refractivity contribution is 0.0681. The smallest absolute Gasteiger partial charge is 0.254 e. The summed E-state index contributed by atoms with van der Waals surface area (Å²) in [4.78, 5) is 23.5. The van der Waals surface area contributed by atoms with E-state index in [-0.39, 0.29) is 17.8 Å². The van der Waals surface area contributed by atoms with Crippen molar-refractivity contribution in [3.05, 3.63) is 60.1 Å². The normalized spacial score (nSPS) is 17.8. The predicted molar refractivity (Wildman–Crippen MR) is 92.8 cm³/mol. The second kappa shape index (κ2) is 6.27. The number of aromatic nitrogens is 3. The first-order chi connectivity index (χ1) is 12.1. The Morgan fingerprint density at radius 1 is 1.32 bits per heavy atom. The van der Waals surface area contributed by atoms with Crippen LogP contribution < -0.4 is 0 Å². The molecule has 0 radical (unpaired) electrons. The highest BCUT2D eigenvalue weighted by molar-refractivity contribution is 6.06. The number of benzene rings is 1. The third kappa shape index (κ3) is 2.99. The summed E-state index contributed by atoms with van der Waals surface area (Å²) in [5.74, 6) is -0.367. The Morgan fingerprint density at radius 3 is 3.00 bits per heavy atom. The second-order valence-corrected chi connectivity index (χ2v) is 6.53. The van der Waals surface area contributed by atoms with Crippen LogP contribution in [0.15, 0.2) is 43.0 Å². The molecule has 25 heavy (non-hydrogen) atoms. The SMILES string of the molecule is Cc1cc(C(=O)N2CCCC(n3ccnc3)C2)c2ccc(F)cc2n1. The van der Waals surface area contributed by atoms with Gasteiger partial charge in [0, 0.05) is 42.6 Å². The number of carbonyl (C=O) groups excluding carboxylic acids is 1. The monoisotopic (exact) mass is 338 g/mol. The number of hydrogen-bond donors (Lipinski definition) is 0. The molecule has 5 nitrogen and oxygen atoms in total. The molecule has 128 valence electrons. The summed E-state index contributed by atoms with van der Waals surface area (Å²) in [5, 5.41) is 0.696. The third-order valence-corrected chi connectivity index (χ3v) is 4.76. The molecule has 0 N–H and O–H groups in total. The van der Waals surface area contributed by atoms with Crippen molar-refractivity contribution in [2.24, 2.45) is 0 Å². The molecule has 3 aromatic rings. The summed E-state index contributed by atoms with van der Waals surface area (Å²) in [7, 11) is 0. The zero-order valence-corrected chi connectivity index (χ0v) is 14.0. The molecule has 1 aromatic carbocycles. The van der Waals surface area contributed by atoms with Gasteiger partial charge in [0.1, 0.15) is 5.82 Å². The highest BCUT2D eigenvalue weighted by Crippen LogP contribution is 2.26. The molecule has 0 bridgehead atoms. The van der Waals surface area contributed by atoms with E-state index < -0.39 is 0 Å². The molecule has 1 aliphatic rings. The maximum atomic E-state index is 13.5. The van der Waals surface area contributed by atoms with E-state index in [9.17, 15) is 9.18 Å². The van der Waals surface area contributed by atoms with E-state index in [1.165, 1.54) is 12.1 Å². The van der Waals surface area contributed by atoms with Gasteiger partial charge in [-0.2, -0.15) is 0 Å². The standard InChI is InChI=1S/C19H19FN4O/c1-13-9-17(16-5-4-14(20)10-18(16)22-13)19(25)23-7-2-3-15(11-23)24-8-6-21-12-24/h4-6,8-10,12,15H,2-3,7,11H2,1H3. The van der Waals surface area contributed by atoms with Crippen molar-refractivity contribution in [1.82, 2.24) is 19.4 Å². The van der Waals surface area contributed by atoms with Gasteiger partial charge in [0.2, 0.25) is 0 Å². The van der Waals surface area contributed by atoms with Crippen molar-refractivity contribution in [3.8, 4) is 0 Å². The van der Waals surface area contributed by atoms with Gasteiger partial charge in [0.25, 0.3) is 5.91 Å². The minimum atomic E-state index is -0.345. The van der Waals surface area contributed by atoms with Crippen LogP contribution >= 0.6 is 0 Å². The Kier molecular flexibility index (Phi) is 3.95. The van der Waals surface area contributed by atoms with Crippen LogP contribution in [0.2, 0.25) is 0 Å². The Labute approximate surface area is 145 Å². The maximum absolute atomic E-state index is 13.5. The molecule has 1 fully saturated rings. The van der Waals surface area contributed by atoms with Crippen molar-refractivity contribution in [2.45, 2.75) is 25.8 Å². The van der Waals surface area contributed by atoms with Gasteiger partial charge < -0.3 is 9.47 Å².